The van der Waals surface area contributed by atoms with Crippen molar-refractivity contribution < 1.29 is 9.66 Å². The van der Waals surface area contributed by atoms with Crippen molar-refractivity contribution in [2.24, 2.45) is 7.05 Å². The van der Waals surface area contributed by atoms with Crippen molar-refractivity contribution in [2.75, 3.05) is 25.1 Å². The normalized spacial score (nSPS) is 10.6. The Kier molecular flexibility index (Phi) is 5.57. The highest BCUT2D eigenvalue weighted by Crippen LogP contribution is 2.23. The van der Waals surface area contributed by atoms with E-state index < -0.39 is 4.92 Å². The number of nitrogens with zero attached hydrogens (tertiary/aromatic N) is 3. The number of aromatic nitrogens is 2. The lowest BCUT2D eigenvalue weighted by Gasteiger charge is -2.07. The summed E-state index contributed by atoms with van der Waals surface area (Å²) in [5.74, 6) is 0.899. The third-order valence-corrected chi connectivity index (χ3v) is 2.65. The smallest absolute Gasteiger partial charge is 0.380 e. The summed E-state index contributed by atoms with van der Waals surface area (Å²) in [6.45, 7) is 5.62. The Labute approximate surface area is 106 Å². The zero-order valence-electron chi connectivity index (χ0n) is 11.1. The lowest BCUT2D eigenvalue weighted by molar-refractivity contribution is -0.388. The van der Waals surface area contributed by atoms with E-state index in [9.17, 15) is 10.1 Å². The van der Waals surface area contributed by atoms with E-state index in [4.69, 9.17) is 4.74 Å². The molecule has 0 bridgehead atoms. The monoisotopic (exact) mass is 256 g/mol. The molecule has 7 heteroatoms. The minimum absolute atomic E-state index is 0.136. The minimum Gasteiger partial charge on any atom is -0.380 e. The van der Waals surface area contributed by atoms with Gasteiger partial charge in [-0.1, -0.05) is 13.3 Å². The molecular formula is C11H20N4O3. The van der Waals surface area contributed by atoms with Crippen molar-refractivity contribution >= 4 is 11.6 Å². The van der Waals surface area contributed by atoms with E-state index in [0.29, 0.717) is 24.8 Å². The van der Waals surface area contributed by atoms with Crippen LogP contribution >= 0.6 is 0 Å². The molecule has 18 heavy (non-hydrogen) atoms. The molecule has 1 heterocycles. The Balaban J connectivity index is 2.48. The van der Waals surface area contributed by atoms with Crippen LogP contribution in [-0.2, 0) is 11.8 Å². The first-order chi connectivity index (χ1) is 8.57. The lowest BCUT2D eigenvalue weighted by atomic mass is 10.4. The first-order valence-corrected chi connectivity index (χ1v) is 6.07. The Morgan fingerprint density at radius 2 is 2.22 bits per heavy atom. The van der Waals surface area contributed by atoms with Crippen molar-refractivity contribution in [3.8, 4) is 0 Å². The van der Waals surface area contributed by atoms with Crippen molar-refractivity contribution in [3.63, 3.8) is 0 Å². The summed E-state index contributed by atoms with van der Waals surface area (Å²) in [5, 5.41) is 13.8. The number of ether oxygens (including phenoxy) is 1. The standard InChI is InChI=1S/C11H20N4O3/c1-4-5-7-18-8-6-12-10-11(15(16)17)13-9(2)14(10)3/h12H,4-8H2,1-3H3. The molecule has 0 aliphatic rings. The molecule has 1 rings (SSSR count). The Morgan fingerprint density at radius 3 is 2.83 bits per heavy atom. The van der Waals surface area contributed by atoms with Crippen LogP contribution < -0.4 is 5.32 Å². The van der Waals surface area contributed by atoms with Crippen LogP contribution in [0.3, 0.4) is 0 Å². The Morgan fingerprint density at radius 1 is 1.50 bits per heavy atom. The lowest BCUT2D eigenvalue weighted by Crippen LogP contribution is -2.13. The molecule has 1 N–H and O–H groups in total. The first kappa shape index (κ1) is 14.4. The van der Waals surface area contributed by atoms with Crippen molar-refractivity contribution in [1.82, 2.24) is 9.55 Å². The second kappa shape index (κ2) is 6.95. The molecule has 0 unspecified atom stereocenters. The largest absolute Gasteiger partial charge is 0.406 e. The second-order valence-electron chi connectivity index (χ2n) is 4.04. The van der Waals surface area contributed by atoms with Gasteiger partial charge in [0.2, 0.25) is 11.6 Å². The number of aryl methyl sites for hydroxylation is 1. The molecule has 102 valence electrons. The van der Waals surface area contributed by atoms with Crippen LogP contribution in [0.5, 0.6) is 0 Å². The van der Waals surface area contributed by atoms with E-state index >= 15 is 0 Å². The third kappa shape index (κ3) is 3.69. The van der Waals surface area contributed by atoms with Gasteiger partial charge in [-0.05, 0) is 16.3 Å². The maximum Gasteiger partial charge on any atom is 0.406 e. The van der Waals surface area contributed by atoms with Crippen molar-refractivity contribution in [1.29, 1.82) is 0 Å². The van der Waals surface area contributed by atoms with Gasteiger partial charge in [0.1, 0.15) is 0 Å². The molecule has 0 aromatic carbocycles. The molecule has 1 aromatic rings. The average Bonchev–Trinajstić information content (AvgIpc) is 2.61. The highest BCUT2D eigenvalue weighted by atomic mass is 16.6. The van der Waals surface area contributed by atoms with Crippen LogP contribution in [0.2, 0.25) is 0 Å². The van der Waals surface area contributed by atoms with Gasteiger partial charge in [-0.15, -0.1) is 0 Å². The number of hydrogen-bond acceptors (Lipinski definition) is 5. The Bertz CT molecular complexity index is 403. The van der Waals surface area contributed by atoms with Crippen LogP contribution in [0.1, 0.15) is 25.6 Å². The minimum atomic E-state index is -0.479. The van der Waals surface area contributed by atoms with Gasteiger partial charge in [0.05, 0.1) is 6.61 Å². The molecule has 0 aliphatic carbocycles. The number of imidazole rings is 1. The zero-order chi connectivity index (χ0) is 13.5. The number of nitro groups is 1. The van der Waals surface area contributed by atoms with Crippen molar-refractivity contribution in [3.05, 3.63) is 15.9 Å². The quantitative estimate of drug-likeness (QED) is 0.436. The van der Waals surface area contributed by atoms with E-state index in [-0.39, 0.29) is 5.82 Å². The summed E-state index contributed by atoms with van der Waals surface area (Å²) in [6.07, 6.45) is 2.13. The number of nitrogens with one attached hydrogen (secondary N) is 1. The van der Waals surface area contributed by atoms with Crippen LogP contribution in [0.4, 0.5) is 11.6 Å². The van der Waals surface area contributed by atoms with Crippen LogP contribution in [0, 0.1) is 17.0 Å². The van der Waals surface area contributed by atoms with Gasteiger partial charge < -0.3 is 20.2 Å². The highest BCUT2D eigenvalue weighted by molar-refractivity contribution is 5.53. The molecule has 0 atom stereocenters. The van der Waals surface area contributed by atoms with Crippen LogP contribution in [0.25, 0.3) is 0 Å². The topological polar surface area (TPSA) is 82.2 Å². The summed E-state index contributed by atoms with van der Waals surface area (Å²) >= 11 is 0. The van der Waals surface area contributed by atoms with E-state index in [1.807, 2.05) is 0 Å². The SMILES string of the molecule is CCCCOCCNc1c([N+](=O)[O-])nc(C)n1C. The van der Waals surface area contributed by atoms with E-state index in [1.54, 1.807) is 18.5 Å². The maximum absolute atomic E-state index is 10.8. The number of anilines is 1. The molecule has 0 saturated heterocycles. The first-order valence-electron chi connectivity index (χ1n) is 6.07. The van der Waals surface area contributed by atoms with Gasteiger partial charge in [0, 0.05) is 27.1 Å². The fourth-order valence-electron chi connectivity index (χ4n) is 1.51. The molecule has 0 saturated carbocycles. The molecule has 0 spiro atoms. The average molecular weight is 256 g/mol. The molecule has 7 nitrogen and oxygen atoms in total. The number of unbranched alkanes of at least 4 members (excludes halogenated alkanes) is 1. The summed E-state index contributed by atoms with van der Waals surface area (Å²) in [4.78, 5) is 14.2. The molecule has 0 aliphatic heterocycles. The van der Waals surface area contributed by atoms with Crippen LogP contribution in [0.15, 0.2) is 0 Å². The number of rotatable bonds is 8. The summed E-state index contributed by atoms with van der Waals surface area (Å²) in [6, 6.07) is 0. The van der Waals surface area contributed by atoms with E-state index in [1.165, 1.54) is 0 Å². The van der Waals surface area contributed by atoms with Gasteiger partial charge in [-0.3, -0.25) is 4.57 Å². The molecule has 0 amide bonds. The van der Waals surface area contributed by atoms with Gasteiger partial charge in [0.15, 0.2) is 0 Å². The van der Waals surface area contributed by atoms with Gasteiger partial charge in [-0.25, -0.2) is 0 Å². The van der Waals surface area contributed by atoms with Crippen LogP contribution in [-0.4, -0.2) is 34.2 Å². The fraction of sp³-hybridized carbons (Fsp3) is 0.727. The highest BCUT2D eigenvalue weighted by Gasteiger charge is 2.22. The molecule has 0 fully saturated rings. The summed E-state index contributed by atoms with van der Waals surface area (Å²) in [7, 11) is 1.75. The van der Waals surface area contributed by atoms with Gasteiger partial charge in [-0.2, -0.15) is 0 Å². The Hall–Kier alpha value is -1.63. The number of hydrogen-bond donors (Lipinski definition) is 1. The van der Waals surface area contributed by atoms with E-state index in [0.717, 1.165) is 19.4 Å². The van der Waals surface area contributed by atoms with Gasteiger partial charge >= 0.3 is 5.82 Å². The molecular weight excluding hydrogens is 236 g/mol. The third-order valence-electron chi connectivity index (χ3n) is 2.65. The molecule has 0 radical (unpaired) electrons. The zero-order valence-corrected chi connectivity index (χ0v) is 11.1. The fourth-order valence-corrected chi connectivity index (χ4v) is 1.51. The molecule has 1 aromatic heterocycles. The summed E-state index contributed by atoms with van der Waals surface area (Å²) in [5.41, 5.74) is 0. The second-order valence-corrected chi connectivity index (χ2v) is 4.04. The summed E-state index contributed by atoms with van der Waals surface area (Å²) < 4.78 is 7.05. The van der Waals surface area contributed by atoms with Crippen molar-refractivity contribution in [2.45, 2.75) is 26.7 Å². The maximum atomic E-state index is 10.8. The van der Waals surface area contributed by atoms with Gasteiger partial charge in [0.25, 0.3) is 0 Å². The van der Waals surface area contributed by atoms with E-state index in [2.05, 4.69) is 17.2 Å². The predicted molar refractivity (Wildman–Crippen MR) is 68.8 cm³/mol. The predicted octanol–water partition coefficient (Wildman–Crippen LogP) is 1.87.